The number of fused-ring (bicyclic) bond motifs is 2. The maximum atomic E-state index is 12.8. The number of hydrogen-bond donors (Lipinski definition) is 0. The molecule has 0 radical (unpaired) electrons. The Morgan fingerprint density at radius 1 is 1.21 bits per heavy atom. The van der Waals surface area contributed by atoms with E-state index in [-0.39, 0.29) is 5.91 Å². The molecule has 0 fully saturated rings. The zero-order valence-corrected chi connectivity index (χ0v) is 17.7. The van der Waals surface area contributed by atoms with Crippen LogP contribution in [-0.4, -0.2) is 28.9 Å². The van der Waals surface area contributed by atoms with E-state index in [1.54, 1.807) is 11.8 Å². The first kappa shape index (κ1) is 19.1. The topological polar surface area (TPSA) is 52.8 Å². The monoisotopic (exact) mass is 414 g/mol. The van der Waals surface area contributed by atoms with Gasteiger partial charge >= 0.3 is 0 Å². The van der Waals surface area contributed by atoms with E-state index in [9.17, 15) is 4.79 Å². The summed E-state index contributed by atoms with van der Waals surface area (Å²) in [4.78, 5) is 19.0. The van der Waals surface area contributed by atoms with Crippen molar-refractivity contribution < 1.29 is 14.3 Å². The number of rotatable bonds is 4. The van der Waals surface area contributed by atoms with Gasteiger partial charge in [-0.3, -0.25) is 4.79 Å². The summed E-state index contributed by atoms with van der Waals surface area (Å²) in [6, 6.07) is 11.6. The minimum Gasteiger partial charge on any atom is -0.486 e. The molecule has 0 N–H and O–H groups in total. The first-order valence-electron chi connectivity index (χ1n) is 9.34. The van der Waals surface area contributed by atoms with Crippen molar-refractivity contribution in [3.05, 3.63) is 46.8 Å². The van der Waals surface area contributed by atoms with Crippen molar-refractivity contribution in [1.29, 1.82) is 0 Å². The molecular weight excluding hydrogens is 392 g/mol. The van der Waals surface area contributed by atoms with Crippen LogP contribution in [0.4, 0.5) is 0 Å². The number of nitrogens with zero attached hydrogens (tertiary/aromatic N) is 2. The molecule has 4 rings (SSSR count). The minimum absolute atomic E-state index is 0.225. The van der Waals surface area contributed by atoms with Crippen molar-refractivity contribution in [2.24, 2.45) is 4.99 Å². The molecule has 146 valence electrons. The molecule has 0 aliphatic carbocycles. The van der Waals surface area contributed by atoms with E-state index in [1.165, 1.54) is 11.3 Å². The van der Waals surface area contributed by atoms with Crippen molar-refractivity contribution >= 4 is 39.2 Å². The van der Waals surface area contributed by atoms with Crippen LogP contribution in [0.15, 0.2) is 46.3 Å². The number of thiazole rings is 1. The second-order valence-corrected chi connectivity index (χ2v) is 9.36. The Hall–Kier alpha value is -2.25. The Balaban J connectivity index is 1.75. The molecule has 1 amide bonds. The van der Waals surface area contributed by atoms with Gasteiger partial charge in [0.2, 0.25) is 0 Å². The van der Waals surface area contributed by atoms with Crippen LogP contribution in [0.25, 0.3) is 10.2 Å². The Morgan fingerprint density at radius 3 is 2.68 bits per heavy atom. The van der Waals surface area contributed by atoms with Crippen LogP contribution in [0.2, 0.25) is 0 Å². The van der Waals surface area contributed by atoms with Gasteiger partial charge in [0.1, 0.15) is 13.2 Å². The lowest BCUT2D eigenvalue weighted by Gasteiger charge is -2.18. The molecule has 1 aliphatic heterocycles. The molecule has 3 aromatic rings. The first-order chi connectivity index (χ1) is 13.5. The van der Waals surface area contributed by atoms with Crippen LogP contribution in [0, 0.1) is 0 Å². The van der Waals surface area contributed by atoms with Crippen molar-refractivity contribution in [2.75, 3.05) is 13.2 Å². The summed E-state index contributed by atoms with van der Waals surface area (Å²) >= 11 is 3.23. The summed E-state index contributed by atoms with van der Waals surface area (Å²) < 4.78 is 14.5. The van der Waals surface area contributed by atoms with Crippen molar-refractivity contribution in [2.45, 2.75) is 37.5 Å². The predicted octanol–water partition coefficient (Wildman–Crippen LogP) is 4.74. The van der Waals surface area contributed by atoms with Gasteiger partial charge in [0.25, 0.3) is 5.91 Å². The fourth-order valence-electron chi connectivity index (χ4n) is 3.12. The third-order valence-electron chi connectivity index (χ3n) is 4.31. The van der Waals surface area contributed by atoms with E-state index in [4.69, 9.17) is 9.47 Å². The number of carbonyl (C=O) groups excluding carboxylic acids is 1. The van der Waals surface area contributed by atoms with Crippen molar-refractivity contribution in [3.8, 4) is 11.5 Å². The Morgan fingerprint density at radius 2 is 1.96 bits per heavy atom. The van der Waals surface area contributed by atoms with Crippen LogP contribution < -0.4 is 14.3 Å². The molecule has 0 saturated carbocycles. The number of carbonyl (C=O) groups is 1. The molecule has 0 unspecified atom stereocenters. The number of benzene rings is 2. The molecule has 0 saturated heterocycles. The van der Waals surface area contributed by atoms with Gasteiger partial charge in [-0.1, -0.05) is 31.3 Å². The number of aromatic nitrogens is 1. The Bertz CT molecular complexity index is 1100. The molecule has 5 nitrogen and oxygen atoms in total. The highest BCUT2D eigenvalue weighted by Gasteiger charge is 2.16. The maximum absolute atomic E-state index is 12.8. The molecule has 1 aromatic heterocycles. The largest absolute Gasteiger partial charge is 0.486 e. The van der Waals surface area contributed by atoms with Crippen LogP contribution in [-0.2, 0) is 6.54 Å². The van der Waals surface area contributed by atoms with E-state index < -0.39 is 0 Å². The number of hydrogen-bond acceptors (Lipinski definition) is 5. The third-order valence-corrected chi connectivity index (χ3v) is 6.35. The molecule has 0 bridgehead atoms. The summed E-state index contributed by atoms with van der Waals surface area (Å²) in [5.41, 5.74) is 1.61. The number of ether oxygens (including phenoxy) is 2. The van der Waals surface area contributed by atoms with Crippen molar-refractivity contribution in [1.82, 2.24) is 4.57 Å². The summed E-state index contributed by atoms with van der Waals surface area (Å²) in [5, 5.41) is 0.461. The van der Waals surface area contributed by atoms with Gasteiger partial charge in [0.05, 0.1) is 10.2 Å². The molecular formula is C21H22N2O3S2. The lowest BCUT2D eigenvalue weighted by atomic mass is 10.2. The molecule has 1 aliphatic rings. The van der Waals surface area contributed by atoms with E-state index in [1.807, 2.05) is 47.9 Å². The fraction of sp³-hybridized carbons (Fsp3) is 0.333. The quantitative estimate of drug-likeness (QED) is 0.579. The molecule has 28 heavy (non-hydrogen) atoms. The fourth-order valence-corrected chi connectivity index (χ4v) is 5.12. The van der Waals surface area contributed by atoms with E-state index in [2.05, 4.69) is 18.8 Å². The molecule has 2 aromatic carbocycles. The summed E-state index contributed by atoms with van der Waals surface area (Å²) in [7, 11) is 0. The maximum Gasteiger partial charge on any atom is 0.279 e. The van der Waals surface area contributed by atoms with E-state index in [0.29, 0.717) is 28.8 Å². The number of amides is 1. The SMILES string of the molecule is CCn1c(=NC(=O)c2cccc(SC(C)C)c2)sc2cc3c(cc21)OCCO3. The molecule has 0 spiro atoms. The highest BCUT2D eigenvalue weighted by atomic mass is 32.2. The smallest absolute Gasteiger partial charge is 0.279 e. The van der Waals surface area contributed by atoms with Crippen LogP contribution >= 0.6 is 23.1 Å². The minimum atomic E-state index is -0.225. The average molecular weight is 415 g/mol. The van der Waals surface area contributed by atoms with Crippen molar-refractivity contribution in [3.63, 3.8) is 0 Å². The van der Waals surface area contributed by atoms with Gasteiger partial charge in [0.15, 0.2) is 16.3 Å². The zero-order valence-electron chi connectivity index (χ0n) is 16.1. The van der Waals surface area contributed by atoms with Crippen LogP contribution in [0.1, 0.15) is 31.1 Å². The second kappa shape index (κ2) is 8.01. The van der Waals surface area contributed by atoms with Crippen LogP contribution in [0.3, 0.4) is 0 Å². The van der Waals surface area contributed by atoms with Gasteiger partial charge in [-0.05, 0) is 25.1 Å². The first-order valence-corrected chi connectivity index (χ1v) is 11.0. The normalized spacial score (nSPS) is 14.1. The summed E-state index contributed by atoms with van der Waals surface area (Å²) in [6.45, 7) is 8.14. The third kappa shape index (κ3) is 3.82. The highest BCUT2D eigenvalue weighted by Crippen LogP contribution is 2.35. The Labute approximate surface area is 172 Å². The van der Waals surface area contributed by atoms with Gasteiger partial charge < -0.3 is 14.0 Å². The molecule has 2 heterocycles. The summed E-state index contributed by atoms with van der Waals surface area (Å²) in [6.07, 6.45) is 0. The van der Waals surface area contributed by atoms with E-state index in [0.717, 1.165) is 33.2 Å². The Kier molecular flexibility index (Phi) is 5.46. The van der Waals surface area contributed by atoms with E-state index >= 15 is 0 Å². The predicted molar refractivity (Wildman–Crippen MR) is 114 cm³/mol. The van der Waals surface area contributed by atoms with Crippen LogP contribution in [0.5, 0.6) is 11.5 Å². The zero-order chi connectivity index (χ0) is 19.7. The lowest BCUT2D eigenvalue weighted by molar-refractivity contribution is 0.0997. The standard InChI is InChI=1S/C21H22N2O3S2/c1-4-23-16-11-17-18(26-9-8-25-17)12-19(16)28-21(23)22-20(24)14-6-5-7-15(10-14)27-13(2)3/h5-7,10-13H,4,8-9H2,1-3H3. The van der Waals surface area contributed by atoms with Gasteiger partial charge in [0, 0.05) is 34.4 Å². The van der Waals surface area contributed by atoms with Gasteiger partial charge in [-0.2, -0.15) is 4.99 Å². The number of aryl methyl sites for hydroxylation is 1. The summed E-state index contributed by atoms with van der Waals surface area (Å²) in [5.74, 6) is 1.27. The average Bonchev–Trinajstić information content (AvgIpc) is 3.01. The van der Waals surface area contributed by atoms with Gasteiger partial charge in [-0.15, -0.1) is 11.8 Å². The van der Waals surface area contributed by atoms with Gasteiger partial charge in [-0.25, -0.2) is 0 Å². The highest BCUT2D eigenvalue weighted by molar-refractivity contribution is 7.99. The lowest BCUT2D eigenvalue weighted by Crippen LogP contribution is -2.17. The molecule has 7 heteroatoms. The number of thioether (sulfide) groups is 1. The molecule has 0 atom stereocenters. The second-order valence-electron chi connectivity index (χ2n) is 6.70.